The number of β-lactam (4-membered cyclic amide) rings is 1. The van der Waals surface area contributed by atoms with Gasteiger partial charge >= 0.3 is 5.97 Å². The Bertz CT molecular complexity index is 721. The second-order valence-corrected chi connectivity index (χ2v) is 8.71. The standard InChI is InChI=1S/C15H15BrN2O4S/c1-15(2)11(14(21)22)18-12(20)10(13(18)23-15)17-6-7-5-8(16)3-4-9(7)19/h3-6,10-11,13,19H,1-2H3,(H,21,22). The highest BCUT2D eigenvalue weighted by molar-refractivity contribution is 9.10. The first-order chi connectivity index (χ1) is 10.7. The van der Waals surface area contributed by atoms with E-state index in [4.69, 9.17) is 0 Å². The lowest BCUT2D eigenvalue weighted by atomic mass is 9.96. The lowest BCUT2D eigenvalue weighted by molar-refractivity contribution is -0.158. The van der Waals surface area contributed by atoms with E-state index in [0.29, 0.717) is 5.56 Å². The van der Waals surface area contributed by atoms with Crippen LogP contribution in [-0.2, 0) is 9.59 Å². The van der Waals surface area contributed by atoms with Crippen LogP contribution in [0, 0.1) is 0 Å². The highest BCUT2D eigenvalue weighted by Crippen LogP contribution is 2.51. The number of carbonyl (C=O) groups excluding carboxylic acids is 1. The number of aromatic hydroxyl groups is 1. The Labute approximate surface area is 145 Å². The highest BCUT2D eigenvalue weighted by atomic mass is 79.9. The van der Waals surface area contributed by atoms with Crippen LogP contribution in [-0.4, -0.2) is 55.4 Å². The molecule has 8 heteroatoms. The van der Waals surface area contributed by atoms with Gasteiger partial charge in [-0.05, 0) is 32.0 Å². The first-order valence-corrected chi connectivity index (χ1v) is 8.64. The molecule has 0 aromatic heterocycles. The van der Waals surface area contributed by atoms with Crippen molar-refractivity contribution in [2.45, 2.75) is 36.1 Å². The number of aliphatic carboxylic acids is 1. The van der Waals surface area contributed by atoms with Gasteiger partial charge in [-0.15, -0.1) is 11.8 Å². The minimum absolute atomic E-state index is 0.0726. The smallest absolute Gasteiger partial charge is 0.327 e. The third kappa shape index (κ3) is 2.63. The number of fused-ring (bicyclic) bond motifs is 1. The summed E-state index contributed by atoms with van der Waals surface area (Å²) < 4.78 is 0.231. The molecule has 3 unspecified atom stereocenters. The number of halogens is 1. The largest absolute Gasteiger partial charge is 0.507 e. The van der Waals surface area contributed by atoms with E-state index in [2.05, 4.69) is 20.9 Å². The van der Waals surface area contributed by atoms with Crippen molar-refractivity contribution < 1.29 is 19.8 Å². The number of amides is 1. The van der Waals surface area contributed by atoms with Crippen molar-refractivity contribution in [3.05, 3.63) is 28.2 Å². The number of nitrogens with zero attached hydrogens (tertiary/aromatic N) is 2. The number of thioether (sulfide) groups is 1. The lowest BCUT2D eigenvalue weighted by Crippen LogP contribution is -2.64. The van der Waals surface area contributed by atoms with Crippen molar-refractivity contribution in [2.24, 2.45) is 4.99 Å². The summed E-state index contributed by atoms with van der Waals surface area (Å²) in [5.41, 5.74) is 0.502. The predicted octanol–water partition coefficient (Wildman–Crippen LogP) is 2.09. The maximum absolute atomic E-state index is 12.3. The summed E-state index contributed by atoms with van der Waals surface area (Å²) in [6, 6.07) is 3.49. The van der Waals surface area contributed by atoms with Gasteiger partial charge in [-0.25, -0.2) is 4.79 Å². The van der Waals surface area contributed by atoms with Gasteiger partial charge in [-0.2, -0.15) is 0 Å². The summed E-state index contributed by atoms with van der Waals surface area (Å²) in [5, 5.41) is 18.9. The number of benzene rings is 1. The molecule has 0 spiro atoms. The molecule has 2 N–H and O–H groups in total. The second kappa shape index (κ2) is 5.52. The molecule has 2 aliphatic heterocycles. The van der Waals surface area contributed by atoms with Gasteiger partial charge in [0.25, 0.3) is 5.91 Å². The summed E-state index contributed by atoms with van der Waals surface area (Å²) in [6.07, 6.45) is 1.46. The quantitative estimate of drug-likeness (QED) is 0.600. The van der Waals surface area contributed by atoms with Crippen molar-refractivity contribution in [2.75, 3.05) is 0 Å². The van der Waals surface area contributed by atoms with Gasteiger partial charge < -0.3 is 15.1 Å². The molecule has 0 bridgehead atoms. The van der Waals surface area contributed by atoms with E-state index in [9.17, 15) is 19.8 Å². The maximum atomic E-state index is 12.3. The summed E-state index contributed by atoms with van der Waals surface area (Å²) in [7, 11) is 0. The predicted molar refractivity (Wildman–Crippen MR) is 90.9 cm³/mol. The molecular weight excluding hydrogens is 384 g/mol. The number of phenols is 1. The number of rotatable bonds is 3. The fraction of sp³-hybridized carbons (Fsp3) is 0.400. The summed E-state index contributed by atoms with van der Waals surface area (Å²) in [4.78, 5) is 29.4. The summed E-state index contributed by atoms with van der Waals surface area (Å²) >= 11 is 4.76. The summed E-state index contributed by atoms with van der Waals surface area (Å²) in [6.45, 7) is 3.64. The van der Waals surface area contributed by atoms with E-state index < -0.39 is 22.8 Å². The SMILES string of the molecule is CC1(C)SC2C(N=Cc3cc(Br)ccc3O)C(=O)N2C1C(=O)O. The van der Waals surface area contributed by atoms with Gasteiger partial charge in [0, 0.05) is 21.0 Å². The minimum atomic E-state index is -0.995. The van der Waals surface area contributed by atoms with Gasteiger partial charge in [0.05, 0.1) is 0 Å². The Morgan fingerprint density at radius 2 is 2.17 bits per heavy atom. The van der Waals surface area contributed by atoms with E-state index in [1.165, 1.54) is 28.9 Å². The van der Waals surface area contributed by atoms with Crippen LogP contribution in [0.5, 0.6) is 5.75 Å². The Balaban J connectivity index is 1.82. The zero-order chi connectivity index (χ0) is 16.9. The molecule has 1 aromatic carbocycles. The molecule has 3 atom stereocenters. The van der Waals surface area contributed by atoms with Crippen LogP contribution in [0.15, 0.2) is 27.7 Å². The molecule has 0 saturated carbocycles. The van der Waals surface area contributed by atoms with Crippen molar-refractivity contribution in [3.63, 3.8) is 0 Å². The summed E-state index contributed by atoms with van der Waals surface area (Å²) in [5.74, 6) is -1.21. The highest BCUT2D eigenvalue weighted by Gasteiger charge is 2.63. The van der Waals surface area contributed by atoms with E-state index in [1.54, 1.807) is 12.1 Å². The van der Waals surface area contributed by atoms with Crippen LogP contribution < -0.4 is 0 Å². The fourth-order valence-corrected chi connectivity index (χ4v) is 4.92. The number of carboxylic acid groups (broad SMARTS) is 1. The first-order valence-electron chi connectivity index (χ1n) is 6.97. The molecule has 0 aliphatic carbocycles. The average Bonchev–Trinajstić information content (AvgIpc) is 2.71. The molecule has 23 heavy (non-hydrogen) atoms. The number of hydrogen-bond acceptors (Lipinski definition) is 5. The fourth-order valence-electron chi connectivity index (χ4n) is 2.92. The number of carboxylic acids is 1. The maximum Gasteiger partial charge on any atom is 0.327 e. The Morgan fingerprint density at radius 1 is 1.48 bits per heavy atom. The van der Waals surface area contributed by atoms with Gasteiger partial charge in [-0.1, -0.05) is 15.9 Å². The van der Waals surface area contributed by atoms with Crippen LogP contribution in [0.2, 0.25) is 0 Å². The van der Waals surface area contributed by atoms with Crippen LogP contribution >= 0.6 is 27.7 Å². The van der Waals surface area contributed by atoms with E-state index in [-0.39, 0.29) is 17.0 Å². The zero-order valence-corrected chi connectivity index (χ0v) is 14.8. The van der Waals surface area contributed by atoms with Crippen molar-refractivity contribution in [1.82, 2.24) is 4.90 Å². The molecule has 2 heterocycles. The minimum Gasteiger partial charge on any atom is -0.507 e. The number of phenolic OH excluding ortho intramolecular Hbond substituents is 1. The molecular formula is C15H15BrN2O4S. The normalized spacial score (nSPS) is 28.7. The van der Waals surface area contributed by atoms with Gasteiger partial charge in [0.2, 0.25) is 0 Å². The molecule has 3 rings (SSSR count). The number of carbonyl (C=O) groups is 2. The van der Waals surface area contributed by atoms with Gasteiger partial charge in [0.15, 0.2) is 6.04 Å². The van der Waals surface area contributed by atoms with Crippen LogP contribution in [0.4, 0.5) is 0 Å². The van der Waals surface area contributed by atoms with Crippen molar-refractivity contribution in [1.29, 1.82) is 0 Å². The molecule has 122 valence electrons. The molecule has 6 nitrogen and oxygen atoms in total. The van der Waals surface area contributed by atoms with E-state index in [0.717, 1.165) is 4.47 Å². The monoisotopic (exact) mass is 398 g/mol. The average molecular weight is 399 g/mol. The van der Waals surface area contributed by atoms with Gasteiger partial charge in [0.1, 0.15) is 17.2 Å². The van der Waals surface area contributed by atoms with Gasteiger partial charge in [-0.3, -0.25) is 9.79 Å². The lowest BCUT2D eigenvalue weighted by Gasteiger charge is -2.41. The third-order valence-electron chi connectivity index (χ3n) is 4.01. The van der Waals surface area contributed by atoms with Crippen LogP contribution in [0.1, 0.15) is 19.4 Å². The van der Waals surface area contributed by atoms with Crippen LogP contribution in [0.25, 0.3) is 0 Å². The first kappa shape index (κ1) is 16.3. The zero-order valence-electron chi connectivity index (χ0n) is 12.4. The van der Waals surface area contributed by atoms with Crippen molar-refractivity contribution >= 4 is 45.8 Å². The molecule has 2 aliphatic rings. The third-order valence-corrected chi connectivity index (χ3v) is 6.06. The second-order valence-electron chi connectivity index (χ2n) is 6.02. The van der Waals surface area contributed by atoms with E-state index >= 15 is 0 Å². The number of aliphatic imine (C=N–C) groups is 1. The molecule has 1 aromatic rings. The molecule has 2 saturated heterocycles. The molecule has 0 radical (unpaired) electrons. The van der Waals surface area contributed by atoms with E-state index in [1.807, 2.05) is 13.8 Å². The van der Waals surface area contributed by atoms with Crippen molar-refractivity contribution in [3.8, 4) is 5.75 Å². The Kier molecular flexibility index (Phi) is 3.92. The molecule has 2 fully saturated rings. The molecule has 1 amide bonds. The Hall–Kier alpha value is -1.54. The number of hydrogen-bond donors (Lipinski definition) is 2. The Morgan fingerprint density at radius 3 is 2.83 bits per heavy atom. The van der Waals surface area contributed by atoms with Crippen LogP contribution in [0.3, 0.4) is 0 Å². The topological polar surface area (TPSA) is 90.2 Å².